The van der Waals surface area contributed by atoms with Crippen molar-refractivity contribution in [2.75, 3.05) is 13.1 Å². The highest BCUT2D eigenvalue weighted by molar-refractivity contribution is 5.60. The summed E-state index contributed by atoms with van der Waals surface area (Å²) in [7, 11) is 0. The van der Waals surface area contributed by atoms with Crippen molar-refractivity contribution >= 4 is 0 Å². The summed E-state index contributed by atoms with van der Waals surface area (Å²) in [5.41, 5.74) is 1.12. The van der Waals surface area contributed by atoms with Gasteiger partial charge in [0, 0.05) is 43.2 Å². The van der Waals surface area contributed by atoms with Gasteiger partial charge in [-0.2, -0.15) is 5.10 Å². The zero-order chi connectivity index (χ0) is 16.4. The van der Waals surface area contributed by atoms with Crippen molar-refractivity contribution in [2.45, 2.75) is 44.2 Å². The molecule has 0 aromatic carbocycles. The first-order valence-corrected chi connectivity index (χ1v) is 8.70. The summed E-state index contributed by atoms with van der Waals surface area (Å²) in [6.45, 7) is 2.25. The Balaban J connectivity index is 1.36. The van der Waals surface area contributed by atoms with Crippen molar-refractivity contribution in [3.63, 3.8) is 0 Å². The zero-order valence-electron chi connectivity index (χ0n) is 13.6. The number of rotatable bonds is 4. The van der Waals surface area contributed by atoms with E-state index in [1.165, 1.54) is 19.3 Å². The summed E-state index contributed by atoms with van der Waals surface area (Å²) in [5.74, 6) is 0.631. The zero-order valence-corrected chi connectivity index (χ0v) is 13.6. The number of ether oxygens (including phenoxy) is 1. The van der Waals surface area contributed by atoms with E-state index in [1.54, 1.807) is 18.5 Å². The molecule has 3 heterocycles. The van der Waals surface area contributed by atoms with Gasteiger partial charge in [-0.05, 0) is 37.8 Å². The summed E-state index contributed by atoms with van der Waals surface area (Å²) in [6, 6.07) is 6.22. The molecule has 2 aliphatic rings. The van der Waals surface area contributed by atoms with Crippen molar-refractivity contribution < 1.29 is 4.74 Å². The normalized spacial score (nSPS) is 19.8. The molecule has 126 valence electrons. The molecule has 0 unspecified atom stereocenters. The van der Waals surface area contributed by atoms with Crippen LogP contribution in [0.5, 0.6) is 5.88 Å². The number of piperidine rings is 1. The van der Waals surface area contributed by atoms with E-state index in [-0.39, 0.29) is 11.7 Å². The highest BCUT2D eigenvalue weighted by Crippen LogP contribution is 2.28. The van der Waals surface area contributed by atoms with Gasteiger partial charge in [-0.1, -0.05) is 6.42 Å². The second-order valence-electron chi connectivity index (χ2n) is 6.62. The van der Waals surface area contributed by atoms with E-state index in [0.29, 0.717) is 11.4 Å². The van der Waals surface area contributed by atoms with Crippen LogP contribution in [-0.4, -0.2) is 45.3 Å². The third-order valence-corrected chi connectivity index (χ3v) is 5.13. The smallest absolute Gasteiger partial charge is 0.272 e. The van der Waals surface area contributed by atoms with Crippen LogP contribution in [0, 0.1) is 0 Å². The van der Waals surface area contributed by atoms with Gasteiger partial charge in [0.25, 0.3) is 5.56 Å². The lowest BCUT2D eigenvalue weighted by molar-refractivity contribution is 0.0475. The van der Waals surface area contributed by atoms with E-state index in [1.807, 2.05) is 12.1 Å². The molecule has 1 N–H and O–H groups in total. The highest BCUT2D eigenvalue weighted by atomic mass is 16.5. The Hall–Kier alpha value is -2.21. The minimum absolute atomic E-state index is 0.212. The average Bonchev–Trinajstić information content (AvgIpc) is 2.56. The van der Waals surface area contributed by atoms with Crippen LogP contribution in [0.3, 0.4) is 0 Å². The molecule has 6 heteroatoms. The summed E-state index contributed by atoms with van der Waals surface area (Å²) in [5, 5.41) is 6.14. The number of pyridine rings is 1. The first kappa shape index (κ1) is 15.3. The van der Waals surface area contributed by atoms with Crippen LogP contribution in [0.15, 0.2) is 35.4 Å². The Bertz CT molecular complexity index is 731. The first-order chi connectivity index (χ1) is 11.8. The minimum atomic E-state index is -0.212. The van der Waals surface area contributed by atoms with Crippen molar-refractivity contribution in [1.82, 2.24) is 20.1 Å². The van der Waals surface area contributed by atoms with Gasteiger partial charge in [-0.15, -0.1) is 0 Å². The fraction of sp³-hybridized carbons (Fsp3) is 0.500. The molecule has 0 spiro atoms. The molecule has 0 amide bonds. The molecule has 0 radical (unpaired) electrons. The quantitative estimate of drug-likeness (QED) is 0.933. The van der Waals surface area contributed by atoms with Crippen LogP contribution in [0.4, 0.5) is 0 Å². The van der Waals surface area contributed by atoms with E-state index in [2.05, 4.69) is 20.1 Å². The van der Waals surface area contributed by atoms with E-state index in [4.69, 9.17) is 4.74 Å². The lowest BCUT2D eigenvalue weighted by Gasteiger charge is -2.41. The van der Waals surface area contributed by atoms with Crippen LogP contribution >= 0.6 is 0 Å². The monoisotopic (exact) mass is 326 g/mol. The maximum atomic E-state index is 11.8. The fourth-order valence-corrected chi connectivity index (χ4v) is 3.46. The maximum absolute atomic E-state index is 11.8. The molecular weight excluding hydrogens is 304 g/mol. The molecule has 0 bridgehead atoms. The van der Waals surface area contributed by atoms with Crippen molar-refractivity contribution in [3.8, 4) is 17.0 Å². The summed E-state index contributed by atoms with van der Waals surface area (Å²) < 4.78 is 6.02. The lowest BCUT2D eigenvalue weighted by Crippen LogP contribution is -2.46. The third-order valence-electron chi connectivity index (χ3n) is 5.13. The number of nitrogens with zero attached hydrogens (tertiary/aromatic N) is 3. The summed E-state index contributed by atoms with van der Waals surface area (Å²) >= 11 is 0. The molecular formula is C18H22N4O2. The molecule has 1 saturated heterocycles. The van der Waals surface area contributed by atoms with Crippen LogP contribution in [-0.2, 0) is 0 Å². The molecule has 1 aliphatic carbocycles. The van der Waals surface area contributed by atoms with Crippen molar-refractivity contribution in [2.24, 2.45) is 0 Å². The lowest BCUT2D eigenvalue weighted by atomic mass is 9.90. The number of aromatic amines is 1. The van der Waals surface area contributed by atoms with Gasteiger partial charge in [-0.25, -0.2) is 10.1 Å². The number of nitrogens with one attached hydrogen (secondary N) is 1. The van der Waals surface area contributed by atoms with Gasteiger partial charge in [-0.3, -0.25) is 4.79 Å². The van der Waals surface area contributed by atoms with E-state index in [9.17, 15) is 4.79 Å². The molecule has 2 aromatic rings. The molecule has 4 rings (SSSR count). The predicted octanol–water partition coefficient (Wildman–Crippen LogP) is 2.23. The van der Waals surface area contributed by atoms with Crippen LogP contribution in [0.2, 0.25) is 0 Å². The standard InChI is InChI=1S/C18H22N4O2/c23-18-16(6-9-20-21-18)13-4-5-17(19-12-13)24-15-7-10-22(11-8-15)14-2-1-3-14/h4-6,9,12,14-15H,1-3,7-8,10-11H2,(H,21,23). The molecule has 1 saturated carbocycles. The number of hydrogen-bond acceptors (Lipinski definition) is 5. The Kier molecular flexibility index (Phi) is 4.30. The maximum Gasteiger partial charge on any atom is 0.272 e. The van der Waals surface area contributed by atoms with Gasteiger partial charge < -0.3 is 9.64 Å². The van der Waals surface area contributed by atoms with Gasteiger partial charge in [0.05, 0.1) is 5.56 Å². The fourth-order valence-electron chi connectivity index (χ4n) is 3.46. The Labute approximate surface area is 140 Å². The van der Waals surface area contributed by atoms with Gasteiger partial charge in [0.15, 0.2) is 0 Å². The molecule has 0 atom stereocenters. The average molecular weight is 326 g/mol. The summed E-state index contributed by atoms with van der Waals surface area (Å²) in [6.07, 6.45) is 9.72. The molecule has 24 heavy (non-hydrogen) atoms. The predicted molar refractivity (Wildman–Crippen MR) is 91.0 cm³/mol. The van der Waals surface area contributed by atoms with Gasteiger partial charge in [0.2, 0.25) is 5.88 Å². The van der Waals surface area contributed by atoms with Crippen molar-refractivity contribution in [1.29, 1.82) is 0 Å². The van der Waals surface area contributed by atoms with E-state index in [0.717, 1.165) is 37.5 Å². The molecule has 2 fully saturated rings. The summed E-state index contributed by atoms with van der Waals surface area (Å²) in [4.78, 5) is 18.7. The Morgan fingerprint density at radius 2 is 1.96 bits per heavy atom. The number of aromatic nitrogens is 3. The topological polar surface area (TPSA) is 71.1 Å². The molecule has 2 aromatic heterocycles. The second kappa shape index (κ2) is 6.73. The van der Waals surface area contributed by atoms with E-state index >= 15 is 0 Å². The second-order valence-corrected chi connectivity index (χ2v) is 6.62. The number of hydrogen-bond donors (Lipinski definition) is 1. The molecule has 1 aliphatic heterocycles. The number of H-pyrrole nitrogens is 1. The number of likely N-dealkylation sites (tertiary alicyclic amines) is 1. The van der Waals surface area contributed by atoms with Crippen LogP contribution in [0.25, 0.3) is 11.1 Å². The van der Waals surface area contributed by atoms with Crippen LogP contribution < -0.4 is 10.3 Å². The van der Waals surface area contributed by atoms with Crippen LogP contribution in [0.1, 0.15) is 32.1 Å². The highest BCUT2D eigenvalue weighted by Gasteiger charge is 2.29. The third kappa shape index (κ3) is 3.19. The van der Waals surface area contributed by atoms with Gasteiger partial charge in [0.1, 0.15) is 6.10 Å². The first-order valence-electron chi connectivity index (χ1n) is 8.70. The van der Waals surface area contributed by atoms with Gasteiger partial charge >= 0.3 is 0 Å². The van der Waals surface area contributed by atoms with Crippen molar-refractivity contribution in [3.05, 3.63) is 40.9 Å². The largest absolute Gasteiger partial charge is 0.474 e. The minimum Gasteiger partial charge on any atom is -0.474 e. The SMILES string of the molecule is O=c1[nH]nccc1-c1ccc(OC2CCN(C3CCC3)CC2)nc1. The molecule has 6 nitrogen and oxygen atoms in total. The van der Waals surface area contributed by atoms with E-state index < -0.39 is 0 Å². The Morgan fingerprint density at radius 3 is 2.58 bits per heavy atom. The Morgan fingerprint density at radius 1 is 1.12 bits per heavy atom.